The molecule has 12 heavy (non-hydrogen) atoms. The molecule has 1 heteroatoms. The van der Waals surface area contributed by atoms with Crippen LogP contribution in [0.1, 0.15) is 5.56 Å². The number of anilines is 1. The molecule has 1 aliphatic rings. The topological polar surface area (TPSA) is 12.0 Å². The highest BCUT2D eigenvalue weighted by atomic mass is 14.9. The summed E-state index contributed by atoms with van der Waals surface area (Å²) in [5, 5.41) is 3.39. The van der Waals surface area contributed by atoms with E-state index in [0.717, 1.165) is 13.0 Å². The Morgan fingerprint density at radius 3 is 3.08 bits per heavy atom. The molecule has 62 valence electrons. The first-order valence-corrected chi connectivity index (χ1v) is 4.34. The van der Waals surface area contributed by atoms with E-state index in [9.17, 15) is 0 Å². The van der Waals surface area contributed by atoms with Gasteiger partial charge in [-0.3, -0.25) is 0 Å². The summed E-state index contributed by atoms with van der Waals surface area (Å²) >= 11 is 0. The van der Waals surface area contributed by atoms with Crippen LogP contribution in [0.3, 0.4) is 0 Å². The minimum atomic E-state index is 0.597. The second-order valence-corrected chi connectivity index (χ2v) is 3.24. The smallest absolute Gasteiger partial charge is 0.0373 e. The molecular formula is C11H13N. The van der Waals surface area contributed by atoms with Crippen LogP contribution in [-0.4, -0.2) is 6.54 Å². The van der Waals surface area contributed by atoms with Crippen molar-refractivity contribution in [2.24, 2.45) is 5.92 Å². The van der Waals surface area contributed by atoms with Crippen LogP contribution >= 0.6 is 0 Å². The lowest BCUT2D eigenvalue weighted by atomic mass is 9.94. The first-order valence-electron chi connectivity index (χ1n) is 4.34. The van der Waals surface area contributed by atoms with Crippen molar-refractivity contribution in [1.29, 1.82) is 0 Å². The van der Waals surface area contributed by atoms with Crippen molar-refractivity contribution in [3.05, 3.63) is 42.5 Å². The van der Waals surface area contributed by atoms with Gasteiger partial charge in [-0.15, -0.1) is 6.58 Å². The zero-order valence-corrected chi connectivity index (χ0v) is 7.09. The van der Waals surface area contributed by atoms with Crippen molar-refractivity contribution in [3.63, 3.8) is 0 Å². The van der Waals surface area contributed by atoms with Crippen molar-refractivity contribution in [3.8, 4) is 0 Å². The van der Waals surface area contributed by atoms with Gasteiger partial charge < -0.3 is 5.32 Å². The van der Waals surface area contributed by atoms with Gasteiger partial charge in [0.2, 0.25) is 0 Å². The number of hydrogen-bond donors (Lipinski definition) is 1. The molecule has 0 bridgehead atoms. The predicted molar refractivity (Wildman–Crippen MR) is 52.3 cm³/mol. The Balaban J connectivity index is 2.28. The molecular weight excluding hydrogens is 146 g/mol. The highest BCUT2D eigenvalue weighted by Gasteiger charge is 2.13. The third kappa shape index (κ3) is 1.22. The molecule has 1 aromatic rings. The molecule has 1 heterocycles. The number of fused-ring (bicyclic) bond motifs is 1. The lowest BCUT2D eigenvalue weighted by Crippen LogP contribution is -2.20. The van der Waals surface area contributed by atoms with Gasteiger partial charge in [-0.05, 0) is 24.0 Å². The van der Waals surface area contributed by atoms with Crippen LogP contribution in [0.5, 0.6) is 0 Å². The minimum absolute atomic E-state index is 0.597. The highest BCUT2D eigenvalue weighted by molar-refractivity contribution is 5.53. The second kappa shape index (κ2) is 3.02. The Bertz CT molecular complexity index is 291. The van der Waals surface area contributed by atoms with Crippen molar-refractivity contribution in [2.75, 3.05) is 11.9 Å². The Hall–Kier alpha value is -1.24. The summed E-state index contributed by atoms with van der Waals surface area (Å²) in [4.78, 5) is 0. The zero-order chi connectivity index (χ0) is 8.39. The van der Waals surface area contributed by atoms with Crippen LogP contribution in [0.2, 0.25) is 0 Å². The van der Waals surface area contributed by atoms with Crippen molar-refractivity contribution in [2.45, 2.75) is 6.42 Å². The van der Waals surface area contributed by atoms with Crippen LogP contribution in [0, 0.1) is 5.92 Å². The largest absolute Gasteiger partial charge is 0.384 e. The second-order valence-electron chi connectivity index (χ2n) is 3.24. The van der Waals surface area contributed by atoms with Gasteiger partial charge in [0.15, 0.2) is 0 Å². The van der Waals surface area contributed by atoms with E-state index in [-0.39, 0.29) is 0 Å². The first-order chi connectivity index (χ1) is 5.90. The average Bonchev–Trinajstić information content (AvgIpc) is 2.17. The minimum Gasteiger partial charge on any atom is -0.384 e. The third-order valence-corrected chi connectivity index (χ3v) is 2.39. The number of nitrogens with one attached hydrogen (secondary N) is 1. The molecule has 1 nitrogen and oxygen atoms in total. The van der Waals surface area contributed by atoms with Crippen molar-refractivity contribution < 1.29 is 0 Å². The third-order valence-electron chi connectivity index (χ3n) is 2.39. The SMILES string of the molecule is C=CC1CNc2ccccc2C1. The van der Waals surface area contributed by atoms with Gasteiger partial charge in [0.1, 0.15) is 0 Å². The Kier molecular flexibility index (Phi) is 1.86. The molecule has 0 spiro atoms. The molecule has 0 amide bonds. The number of para-hydroxylation sites is 1. The summed E-state index contributed by atoms with van der Waals surface area (Å²) in [5.41, 5.74) is 2.70. The van der Waals surface area contributed by atoms with Crippen molar-refractivity contribution >= 4 is 5.69 Å². The van der Waals surface area contributed by atoms with Crippen LogP contribution in [-0.2, 0) is 6.42 Å². The van der Waals surface area contributed by atoms with Gasteiger partial charge in [-0.1, -0.05) is 24.3 Å². The van der Waals surface area contributed by atoms with Gasteiger partial charge in [0, 0.05) is 12.2 Å². The monoisotopic (exact) mass is 159 g/mol. The Morgan fingerprint density at radius 1 is 1.42 bits per heavy atom. The number of hydrogen-bond acceptors (Lipinski definition) is 1. The Labute approximate surface area is 73.1 Å². The molecule has 0 saturated heterocycles. The van der Waals surface area contributed by atoms with Gasteiger partial charge in [-0.2, -0.15) is 0 Å². The molecule has 1 atom stereocenters. The maximum absolute atomic E-state index is 3.82. The van der Waals surface area contributed by atoms with E-state index in [1.807, 2.05) is 6.08 Å². The molecule has 1 N–H and O–H groups in total. The standard InChI is InChI=1S/C11H13N/c1-2-9-7-10-5-3-4-6-11(10)12-8-9/h2-6,9,12H,1,7-8H2. The molecule has 0 saturated carbocycles. The van der Waals surface area contributed by atoms with Gasteiger partial charge >= 0.3 is 0 Å². The summed E-state index contributed by atoms with van der Waals surface area (Å²) in [6, 6.07) is 8.47. The summed E-state index contributed by atoms with van der Waals surface area (Å²) < 4.78 is 0. The fraction of sp³-hybridized carbons (Fsp3) is 0.273. The quantitative estimate of drug-likeness (QED) is 0.621. The molecule has 0 aromatic heterocycles. The fourth-order valence-electron chi connectivity index (χ4n) is 1.63. The van der Waals surface area contributed by atoms with E-state index in [1.165, 1.54) is 11.3 Å². The lowest BCUT2D eigenvalue weighted by Gasteiger charge is -2.23. The van der Waals surface area contributed by atoms with Gasteiger partial charge in [0.25, 0.3) is 0 Å². The van der Waals surface area contributed by atoms with Crippen LogP contribution in [0.25, 0.3) is 0 Å². The summed E-state index contributed by atoms with van der Waals surface area (Å²) in [5.74, 6) is 0.597. The molecule has 0 aliphatic carbocycles. The number of benzene rings is 1. The van der Waals surface area contributed by atoms with E-state index < -0.39 is 0 Å². The maximum Gasteiger partial charge on any atom is 0.0373 e. The van der Waals surface area contributed by atoms with E-state index >= 15 is 0 Å². The van der Waals surface area contributed by atoms with Crippen LogP contribution in [0.15, 0.2) is 36.9 Å². The molecule has 2 rings (SSSR count). The molecule has 1 unspecified atom stereocenters. The fourth-order valence-corrected chi connectivity index (χ4v) is 1.63. The van der Waals surface area contributed by atoms with E-state index in [1.54, 1.807) is 0 Å². The van der Waals surface area contributed by atoms with Crippen LogP contribution in [0.4, 0.5) is 5.69 Å². The Morgan fingerprint density at radius 2 is 2.25 bits per heavy atom. The van der Waals surface area contributed by atoms with Gasteiger partial charge in [0.05, 0.1) is 0 Å². The molecule has 1 aliphatic heterocycles. The predicted octanol–water partition coefficient (Wildman–Crippen LogP) is 2.46. The summed E-state index contributed by atoms with van der Waals surface area (Å²) in [6.07, 6.45) is 3.16. The van der Waals surface area contributed by atoms with E-state index in [2.05, 4.69) is 36.2 Å². The zero-order valence-electron chi connectivity index (χ0n) is 7.09. The van der Waals surface area contributed by atoms with E-state index in [0.29, 0.717) is 5.92 Å². The molecule has 1 aromatic carbocycles. The molecule has 0 radical (unpaired) electrons. The molecule has 0 fully saturated rings. The lowest BCUT2D eigenvalue weighted by molar-refractivity contribution is 0.662. The normalized spacial score (nSPS) is 20.8. The first kappa shape index (κ1) is 7.41. The summed E-state index contributed by atoms with van der Waals surface area (Å²) in [7, 11) is 0. The maximum atomic E-state index is 3.82. The summed E-state index contributed by atoms with van der Waals surface area (Å²) in [6.45, 7) is 4.85. The highest BCUT2D eigenvalue weighted by Crippen LogP contribution is 2.24. The average molecular weight is 159 g/mol. The van der Waals surface area contributed by atoms with Crippen LogP contribution < -0.4 is 5.32 Å². The number of rotatable bonds is 1. The van der Waals surface area contributed by atoms with E-state index in [4.69, 9.17) is 0 Å². The van der Waals surface area contributed by atoms with Crippen molar-refractivity contribution in [1.82, 2.24) is 0 Å². The van der Waals surface area contributed by atoms with Gasteiger partial charge in [-0.25, -0.2) is 0 Å².